The second-order valence-electron chi connectivity index (χ2n) is 3.94. The lowest BCUT2D eigenvalue weighted by atomic mass is 10.2. The van der Waals surface area contributed by atoms with Gasteiger partial charge >= 0.3 is 5.97 Å². The van der Waals surface area contributed by atoms with Crippen LogP contribution < -0.4 is 4.90 Å². The van der Waals surface area contributed by atoms with Gasteiger partial charge in [-0.2, -0.15) is 0 Å². The van der Waals surface area contributed by atoms with Crippen molar-refractivity contribution in [2.45, 2.75) is 26.2 Å². The van der Waals surface area contributed by atoms with E-state index in [1.54, 1.807) is 23.1 Å². The van der Waals surface area contributed by atoms with Gasteiger partial charge in [-0.1, -0.05) is 25.5 Å². The highest BCUT2D eigenvalue weighted by Crippen LogP contribution is 2.19. The predicted octanol–water partition coefficient (Wildman–Crippen LogP) is 2.91. The smallest absolute Gasteiger partial charge is 0.305 e. The second-order valence-corrected chi connectivity index (χ2v) is 3.94. The maximum Gasteiger partial charge on any atom is 0.305 e. The lowest BCUT2D eigenvalue weighted by molar-refractivity contribution is -0.136. The molecule has 0 aliphatic carbocycles. The lowest BCUT2D eigenvalue weighted by Crippen LogP contribution is -2.28. The number of carboxylic acids is 1. The van der Waals surface area contributed by atoms with E-state index in [2.05, 4.69) is 6.92 Å². The minimum Gasteiger partial charge on any atom is -0.481 e. The van der Waals surface area contributed by atoms with E-state index < -0.39 is 5.97 Å². The van der Waals surface area contributed by atoms with E-state index in [4.69, 9.17) is 5.11 Å². The molecule has 4 heteroatoms. The zero-order valence-corrected chi connectivity index (χ0v) is 10.0. The summed E-state index contributed by atoms with van der Waals surface area (Å²) in [5, 5.41) is 8.68. The summed E-state index contributed by atoms with van der Waals surface area (Å²) in [6, 6.07) is 6.48. The zero-order valence-electron chi connectivity index (χ0n) is 10.0. The molecular weight excluding hydrogens is 221 g/mol. The molecule has 0 fully saturated rings. The van der Waals surface area contributed by atoms with E-state index in [1.165, 1.54) is 6.07 Å². The van der Waals surface area contributed by atoms with Crippen LogP contribution in [0.1, 0.15) is 26.2 Å². The largest absolute Gasteiger partial charge is 0.481 e. The number of carbonyl (C=O) groups is 1. The first kappa shape index (κ1) is 13.5. The van der Waals surface area contributed by atoms with Gasteiger partial charge in [0.15, 0.2) is 0 Å². The Morgan fingerprint density at radius 1 is 1.35 bits per heavy atom. The third-order valence-electron chi connectivity index (χ3n) is 2.57. The van der Waals surface area contributed by atoms with Crippen LogP contribution in [0.4, 0.5) is 10.1 Å². The van der Waals surface area contributed by atoms with Crippen LogP contribution in [0.3, 0.4) is 0 Å². The van der Waals surface area contributed by atoms with E-state index in [0.29, 0.717) is 18.8 Å². The fourth-order valence-corrected chi connectivity index (χ4v) is 1.64. The van der Waals surface area contributed by atoms with Crippen LogP contribution in [0.25, 0.3) is 0 Å². The molecule has 0 bridgehead atoms. The SMILES string of the molecule is CCCCN(CCC(=O)O)c1ccccc1F. The fourth-order valence-electron chi connectivity index (χ4n) is 1.64. The summed E-state index contributed by atoms with van der Waals surface area (Å²) in [4.78, 5) is 12.4. The molecule has 0 radical (unpaired) electrons. The highest BCUT2D eigenvalue weighted by Gasteiger charge is 2.11. The number of para-hydroxylation sites is 1. The third kappa shape index (κ3) is 4.43. The van der Waals surface area contributed by atoms with Crippen molar-refractivity contribution in [3.8, 4) is 0 Å². The van der Waals surface area contributed by atoms with Crippen molar-refractivity contribution in [1.29, 1.82) is 0 Å². The third-order valence-corrected chi connectivity index (χ3v) is 2.57. The monoisotopic (exact) mass is 239 g/mol. The summed E-state index contributed by atoms with van der Waals surface area (Å²) in [7, 11) is 0. The van der Waals surface area contributed by atoms with Crippen molar-refractivity contribution < 1.29 is 14.3 Å². The quantitative estimate of drug-likeness (QED) is 0.795. The Labute approximate surface area is 101 Å². The van der Waals surface area contributed by atoms with E-state index in [0.717, 1.165) is 12.8 Å². The first-order valence-corrected chi connectivity index (χ1v) is 5.86. The van der Waals surface area contributed by atoms with Crippen molar-refractivity contribution in [1.82, 2.24) is 0 Å². The van der Waals surface area contributed by atoms with Crippen LogP contribution in [0.2, 0.25) is 0 Å². The number of aliphatic carboxylic acids is 1. The molecule has 0 amide bonds. The van der Waals surface area contributed by atoms with Crippen molar-refractivity contribution >= 4 is 11.7 Å². The molecule has 0 saturated heterocycles. The maximum absolute atomic E-state index is 13.6. The number of hydrogen-bond donors (Lipinski definition) is 1. The van der Waals surface area contributed by atoms with Crippen LogP contribution in [0.15, 0.2) is 24.3 Å². The highest BCUT2D eigenvalue weighted by molar-refractivity contribution is 5.67. The van der Waals surface area contributed by atoms with Gasteiger partial charge in [0.1, 0.15) is 5.82 Å². The summed E-state index contributed by atoms with van der Waals surface area (Å²) < 4.78 is 13.6. The van der Waals surface area contributed by atoms with Gasteiger partial charge in [0.25, 0.3) is 0 Å². The highest BCUT2D eigenvalue weighted by atomic mass is 19.1. The summed E-state index contributed by atoms with van der Waals surface area (Å²) in [5.74, 6) is -1.16. The molecule has 0 spiro atoms. The van der Waals surface area contributed by atoms with Crippen LogP contribution >= 0.6 is 0 Å². The molecule has 0 aromatic heterocycles. The molecular formula is C13H18FNO2. The number of benzene rings is 1. The lowest BCUT2D eigenvalue weighted by Gasteiger charge is -2.24. The van der Waals surface area contributed by atoms with Crippen LogP contribution in [-0.4, -0.2) is 24.2 Å². The van der Waals surface area contributed by atoms with E-state index in [1.807, 2.05) is 0 Å². The molecule has 0 saturated carbocycles. The summed E-state index contributed by atoms with van der Waals surface area (Å²) in [6.45, 7) is 3.08. The maximum atomic E-state index is 13.6. The summed E-state index contributed by atoms with van der Waals surface area (Å²) in [6.07, 6.45) is 1.95. The summed E-state index contributed by atoms with van der Waals surface area (Å²) >= 11 is 0. The minimum absolute atomic E-state index is 0.0258. The number of carboxylic acid groups (broad SMARTS) is 1. The fraction of sp³-hybridized carbons (Fsp3) is 0.462. The van der Waals surface area contributed by atoms with Gasteiger partial charge < -0.3 is 10.0 Å². The molecule has 0 heterocycles. The average Bonchev–Trinajstić information content (AvgIpc) is 2.30. The van der Waals surface area contributed by atoms with Gasteiger partial charge in [0, 0.05) is 13.1 Å². The van der Waals surface area contributed by atoms with Crippen LogP contribution in [-0.2, 0) is 4.79 Å². The van der Waals surface area contributed by atoms with Gasteiger partial charge in [-0.3, -0.25) is 4.79 Å². The van der Waals surface area contributed by atoms with E-state index in [-0.39, 0.29) is 12.2 Å². The van der Waals surface area contributed by atoms with Gasteiger partial charge in [-0.25, -0.2) is 4.39 Å². The molecule has 1 rings (SSSR count). The molecule has 1 N–H and O–H groups in total. The first-order chi connectivity index (χ1) is 8.15. The van der Waals surface area contributed by atoms with E-state index >= 15 is 0 Å². The normalized spacial score (nSPS) is 10.2. The molecule has 1 aromatic carbocycles. The first-order valence-electron chi connectivity index (χ1n) is 5.86. The predicted molar refractivity (Wildman–Crippen MR) is 65.8 cm³/mol. The summed E-state index contributed by atoms with van der Waals surface area (Å²) in [5.41, 5.74) is 0.488. The molecule has 0 atom stereocenters. The minimum atomic E-state index is -0.858. The average molecular weight is 239 g/mol. The molecule has 0 aliphatic rings. The number of hydrogen-bond acceptors (Lipinski definition) is 2. The Morgan fingerprint density at radius 2 is 2.06 bits per heavy atom. The Balaban J connectivity index is 2.74. The molecule has 3 nitrogen and oxygen atoms in total. The van der Waals surface area contributed by atoms with Crippen molar-refractivity contribution in [2.75, 3.05) is 18.0 Å². The number of unbranched alkanes of at least 4 members (excludes halogenated alkanes) is 1. The van der Waals surface area contributed by atoms with Crippen molar-refractivity contribution in [3.63, 3.8) is 0 Å². The number of nitrogens with zero attached hydrogens (tertiary/aromatic N) is 1. The number of anilines is 1. The van der Waals surface area contributed by atoms with Crippen molar-refractivity contribution in [3.05, 3.63) is 30.1 Å². The molecule has 17 heavy (non-hydrogen) atoms. The van der Waals surface area contributed by atoms with Gasteiger partial charge in [-0.05, 0) is 18.6 Å². The van der Waals surface area contributed by atoms with E-state index in [9.17, 15) is 9.18 Å². The Morgan fingerprint density at radius 3 is 2.65 bits per heavy atom. The van der Waals surface area contributed by atoms with Gasteiger partial charge in [0.05, 0.1) is 12.1 Å². The Bertz CT molecular complexity index is 368. The number of halogens is 1. The standard InChI is InChI=1S/C13H18FNO2/c1-2-3-9-15(10-8-13(16)17)12-7-5-4-6-11(12)14/h4-7H,2-3,8-10H2,1H3,(H,16,17). The van der Waals surface area contributed by atoms with Crippen molar-refractivity contribution in [2.24, 2.45) is 0 Å². The topological polar surface area (TPSA) is 40.5 Å². The Kier molecular flexibility index (Phi) is 5.46. The van der Waals surface area contributed by atoms with Crippen LogP contribution in [0, 0.1) is 5.82 Å². The van der Waals surface area contributed by atoms with Gasteiger partial charge in [-0.15, -0.1) is 0 Å². The molecule has 1 aromatic rings. The van der Waals surface area contributed by atoms with Crippen LogP contribution in [0.5, 0.6) is 0 Å². The molecule has 94 valence electrons. The second kappa shape index (κ2) is 6.89. The van der Waals surface area contributed by atoms with Gasteiger partial charge in [0.2, 0.25) is 0 Å². The molecule has 0 aliphatic heterocycles. The number of rotatable bonds is 7. The molecule has 0 unspecified atom stereocenters. The Hall–Kier alpha value is -1.58. The zero-order chi connectivity index (χ0) is 12.7.